The Morgan fingerprint density at radius 1 is 1.40 bits per heavy atom. The van der Waals surface area contributed by atoms with Crippen molar-refractivity contribution in [1.82, 2.24) is 0 Å². The van der Waals surface area contributed by atoms with Gasteiger partial charge in [0.2, 0.25) is 0 Å². The fraction of sp³-hybridized carbons (Fsp3) is 0.923. The molecule has 15 heavy (non-hydrogen) atoms. The molecule has 2 saturated heterocycles. The van der Waals surface area contributed by atoms with Crippen LogP contribution in [0.25, 0.3) is 0 Å². The van der Waals surface area contributed by atoms with Gasteiger partial charge in [0.05, 0.1) is 13.0 Å². The van der Waals surface area contributed by atoms with Gasteiger partial charge in [0, 0.05) is 12.8 Å². The van der Waals surface area contributed by atoms with E-state index in [1.807, 2.05) is 0 Å². The lowest BCUT2D eigenvalue weighted by Crippen LogP contribution is -2.35. The lowest BCUT2D eigenvalue weighted by molar-refractivity contribution is -0.752. The van der Waals surface area contributed by atoms with E-state index in [9.17, 15) is 4.79 Å². The molecule has 0 aromatic rings. The Hall–Kier alpha value is -0.370. The van der Waals surface area contributed by atoms with Crippen molar-refractivity contribution >= 4 is 5.91 Å². The lowest BCUT2D eigenvalue weighted by Gasteiger charge is -2.18. The molecular weight excluding hydrogens is 186 g/mol. The van der Waals surface area contributed by atoms with Crippen LogP contribution in [0.2, 0.25) is 0 Å². The number of nitrogens with zero attached hydrogens (tertiary/aromatic N) is 1. The van der Waals surface area contributed by atoms with Gasteiger partial charge in [-0.1, -0.05) is 20.8 Å². The molecule has 1 spiro atoms. The molecule has 2 aliphatic heterocycles. The van der Waals surface area contributed by atoms with Crippen LogP contribution in [0.3, 0.4) is 0 Å². The van der Waals surface area contributed by atoms with Gasteiger partial charge in [0.1, 0.15) is 0 Å². The zero-order chi connectivity index (χ0) is 11.5. The summed E-state index contributed by atoms with van der Waals surface area (Å²) in [5.41, 5.74) is 0.549. The van der Waals surface area contributed by atoms with Crippen molar-refractivity contribution in [1.29, 1.82) is 0 Å². The minimum atomic E-state index is 0.209. The first kappa shape index (κ1) is 11.1. The molecular formula is C13H24NO+. The summed E-state index contributed by atoms with van der Waals surface area (Å²) in [6.07, 6.45) is 3.08. The van der Waals surface area contributed by atoms with E-state index in [0.29, 0.717) is 17.4 Å². The van der Waals surface area contributed by atoms with E-state index >= 15 is 0 Å². The van der Waals surface area contributed by atoms with Gasteiger partial charge in [-0.05, 0) is 19.3 Å². The van der Waals surface area contributed by atoms with E-state index in [0.717, 1.165) is 23.9 Å². The molecule has 0 N–H and O–H groups in total. The normalized spacial score (nSPS) is 38.7. The van der Waals surface area contributed by atoms with Gasteiger partial charge in [-0.15, -0.1) is 0 Å². The minimum absolute atomic E-state index is 0.209. The molecule has 2 nitrogen and oxygen atoms in total. The van der Waals surface area contributed by atoms with Crippen molar-refractivity contribution in [2.24, 2.45) is 5.41 Å². The molecule has 0 bridgehead atoms. The van der Waals surface area contributed by atoms with E-state index in [1.54, 1.807) is 0 Å². The zero-order valence-electron chi connectivity index (χ0n) is 10.8. The average molecular weight is 210 g/mol. The predicted molar refractivity (Wildman–Crippen MR) is 61.3 cm³/mol. The molecule has 0 saturated carbocycles. The molecule has 0 aliphatic carbocycles. The SMILES string of the molecule is CC(C)(C)CC1C(C)(C)[N+]12CCCC2=O. The second kappa shape index (κ2) is 2.85. The second-order valence-corrected chi connectivity index (χ2v) is 7.02. The van der Waals surface area contributed by atoms with Gasteiger partial charge >= 0.3 is 5.91 Å². The molecule has 0 radical (unpaired) electrons. The molecule has 0 aromatic heterocycles. The summed E-state index contributed by atoms with van der Waals surface area (Å²) >= 11 is 0. The van der Waals surface area contributed by atoms with Gasteiger partial charge < -0.3 is 0 Å². The number of quaternary nitrogens is 1. The van der Waals surface area contributed by atoms with Crippen LogP contribution in [-0.2, 0) is 4.79 Å². The maximum Gasteiger partial charge on any atom is 0.314 e. The van der Waals surface area contributed by atoms with Gasteiger partial charge in [-0.2, -0.15) is 0 Å². The third-order valence-corrected chi connectivity index (χ3v) is 4.46. The van der Waals surface area contributed by atoms with Crippen LogP contribution in [0, 0.1) is 5.41 Å². The smallest absolute Gasteiger partial charge is 0.244 e. The number of amides is 1. The Labute approximate surface area is 93.2 Å². The molecule has 2 fully saturated rings. The molecule has 1 amide bonds. The van der Waals surface area contributed by atoms with Crippen molar-refractivity contribution in [2.75, 3.05) is 6.54 Å². The number of rotatable bonds is 1. The molecule has 2 rings (SSSR count). The number of carbonyl (C=O) groups is 1. The summed E-state index contributed by atoms with van der Waals surface area (Å²) in [6.45, 7) is 12.5. The van der Waals surface area contributed by atoms with Gasteiger partial charge in [0.15, 0.2) is 11.6 Å². The van der Waals surface area contributed by atoms with Crippen LogP contribution in [0.5, 0.6) is 0 Å². The molecule has 2 aliphatic rings. The molecule has 86 valence electrons. The van der Waals surface area contributed by atoms with Crippen molar-refractivity contribution in [3.8, 4) is 0 Å². The predicted octanol–water partition coefficient (Wildman–Crippen LogP) is 2.72. The summed E-state index contributed by atoms with van der Waals surface area (Å²) in [6, 6.07) is 0.576. The maximum atomic E-state index is 12.0. The van der Waals surface area contributed by atoms with Crippen LogP contribution in [0.4, 0.5) is 0 Å². The van der Waals surface area contributed by atoms with E-state index < -0.39 is 0 Å². The topological polar surface area (TPSA) is 17.1 Å². The highest BCUT2D eigenvalue weighted by Gasteiger charge is 2.78. The third kappa shape index (κ3) is 1.37. The first-order valence-electron chi connectivity index (χ1n) is 6.13. The van der Waals surface area contributed by atoms with Crippen LogP contribution < -0.4 is 0 Å². The summed E-state index contributed by atoms with van der Waals surface area (Å²) < 4.78 is 0.796. The average Bonchev–Trinajstić information content (AvgIpc) is 2.44. The number of hydrogen-bond acceptors (Lipinski definition) is 1. The van der Waals surface area contributed by atoms with Crippen molar-refractivity contribution < 1.29 is 9.28 Å². The number of carbonyl (C=O) groups excluding carboxylic acids is 1. The molecule has 2 heteroatoms. The Morgan fingerprint density at radius 3 is 2.40 bits per heavy atom. The fourth-order valence-corrected chi connectivity index (χ4v) is 3.58. The van der Waals surface area contributed by atoms with E-state index in [-0.39, 0.29) is 5.54 Å². The summed E-state index contributed by atoms with van der Waals surface area (Å²) in [7, 11) is 0. The van der Waals surface area contributed by atoms with E-state index in [1.165, 1.54) is 6.42 Å². The second-order valence-electron chi connectivity index (χ2n) is 7.02. The summed E-state index contributed by atoms with van der Waals surface area (Å²) in [5.74, 6) is 0.495. The quantitative estimate of drug-likeness (QED) is 0.480. The minimum Gasteiger partial charge on any atom is -0.244 e. The first-order chi connectivity index (χ1) is 6.72. The Kier molecular flexibility index (Phi) is 2.11. The molecule has 2 unspecified atom stereocenters. The highest BCUT2D eigenvalue weighted by molar-refractivity contribution is 5.73. The summed E-state index contributed by atoms with van der Waals surface area (Å²) in [5, 5.41) is 0. The highest BCUT2D eigenvalue weighted by Crippen LogP contribution is 2.57. The third-order valence-electron chi connectivity index (χ3n) is 4.46. The van der Waals surface area contributed by atoms with Crippen LogP contribution in [-0.4, -0.2) is 28.5 Å². The van der Waals surface area contributed by atoms with E-state index in [2.05, 4.69) is 34.6 Å². The zero-order valence-corrected chi connectivity index (χ0v) is 10.8. The Bertz CT molecular complexity index is 300. The van der Waals surface area contributed by atoms with Crippen molar-refractivity contribution in [3.05, 3.63) is 0 Å². The number of hydrogen-bond donors (Lipinski definition) is 0. The molecule has 0 aromatic carbocycles. The van der Waals surface area contributed by atoms with Crippen LogP contribution in [0.1, 0.15) is 53.9 Å². The molecule has 2 heterocycles. The van der Waals surface area contributed by atoms with Crippen molar-refractivity contribution in [3.63, 3.8) is 0 Å². The standard InChI is InChI=1S/C13H24NO/c1-12(2,3)9-10-13(4,5)14(10)8-6-7-11(14)15/h10H,6-9H2,1-5H3/q+1. The highest BCUT2D eigenvalue weighted by atomic mass is 16.2. The summed E-state index contributed by atoms with van der Waals surface area (Å²) in [4.78, 5) is 12.0. The Balaban J connectivity index is 2.19. The van der Waals surface area contributed by atoms with Crippen molar-refractivity contribution in [2.45, 2.75) is 65.5 Å². The largest absolute Gasteiger partial charge is 0.314 e. The van der Waals surface area contributed by atoms with E-state index in [4.69, 9.17) is 0 Å². The molecule has 2 atom stereocenters. The monoisotopic (exact) mass is 210 g/mol. The maximum absolute atomic E-state index is 12.0. The first-order valence-corrected chi connectivity index (χ1v) is 6.13. The fourth-order valence-electron chi connectivity index (χ4n) is 3.58. The lowest BCUT2D eigenvalue weighted by atomic mass is 9.88. The van der Waals surface area contributed by atoms with Gasteiger partial charge in [0.25, 0.3) is 0 Å². The van der Waals surface area contributed by atoms with Crippen LogP contribution >= 0.6 is 0 Å². The van der Waals surface area contributed by atoms with Crippen LogP contribution in [0.15, 0.2) is 0 Å². The van der Waals surface area contributed by atoms with Gasteiger partial charge in [-0.3, -0.25) is 0 Å². The van der Waals surface area contributed by atoms with Gasteiger partial charge in [-0.25, -0.2) is 9.28 Å². The Morgan fingerprint density at radius 2 is 2.00 bits per heavy atom.